The lowest BCUT2D eigenvalue weighted by Crippen LogP contribution is -2.23. The zero-order valence-electron chi connectivity index (χ0n) is 16.0. The molecule has 1 fully saturated rings. The maximum Gasteiger partial charge on any atom is 0.230 e. The van der Waals surface area contributed by atoms with Crippen LogP contribution in [0.3, 0.4) is 0 Å². The molecule has 2 aromatic rings. The fourth-order valence-electron chi connectivity index (χ4n) is 3.41. The molecule has 0 unspecified atom stereocenters. The van der Waals surface area contributed by atoms with Crippen molar-refractivity contribution in [3.8, 4) is 22.9 Å². The Morgan fingerprint density at radius 2 is 1.89 bits per heavy atom. The largest absolute Gasteiger partial charge is 0.493 e. The van der Waals surface area contributed by atoms with Gasteiger partial charge in [-0.3, -0.25) is 9.36 Å². The van der Waals surface area contributed by atoms with Gasteiger partial charge in [0, 0.05) is 11.6 Å². The number of carbonyl (C=O) groups excluding carboxylic acids is 1. The summed E-state index contributed by atoms with van der Waals surface area (Å²) in [4.78, 5) is 11.5. The van der Waals surface area contributed by atoms with Gasteiger partial charge >= 0.3 is 0 Å². The molecule has 1 aromatic carbocycles. The molecule has 0 aliphatic heterocycles. The molecule has 0 saturated heterocycles. The standard InChI is InChI=1S/C19H26N4O3S/c1-12(17(20)24)27-19-22-21-18(23(19)14-7-5-4-6-8-14)13-9-10-15(25-2)16(11-13)26-3/h9-12,14H,4-8H2,1-3H3,(H2,20,24)/t12-/m0/s1. The number of aromatic nitrogens is 3. The Labute approximate surface area is 163 Å². The number of hydrogen-bond acceptors (Lipinski definition) is 6. The molecule has 7 nitrogen and oxygen atoms in total. The van der Waals surface area contributed by atoms with E-state index in [-0.39, 0.29) is 11.2 Å². The van der Waals surface area contributed by atoms with E-state index < -0.39 is 0 Å². The SMILES string of the molecule is COc1ccc(-c2nnc(S[C@@H](C)C(N)=O)n2C2CCCCC2)cc1OC. The fraction of sp³-hybridized carbons (Fsp3) is 0.526. The van der Waals surface area contributed by atoms with E-state index in [1.54, 1.807) is 21.1 Å². The summed E-state index contributed by atoms with van der Waals surface area (Å²) in [6.07, 6.45) is 5.78. The first kappa shape index (κ1) is 19.5. The molecule has 1 saturated carbocycles. The van der Waals surface area contributed by atoms with E-state index in [1.165, 1.54) is 31.0 Å². The lowest BCUT2D eigenvalue weighted by atomic mass is 9.95. The quantitative estimate of drug-likeness (QED) is 0.728. The van der Waals surface area contributed by atoms with Gasteiger partial charge in [-0.1, -0.05) is 31.0 Å². The van der Waals surface area contributed by atoms with Crippen molar-refractivity contribution < 1.29 is 14.3 Å². The minimum absolute atomic E-state index is 0.319. The Kier molecular flexibility index (Phi) is 6.26. The molecule has 3 rings (SSSR count). The van der Waals surface area contributed by atoms with Gasteiger partial charge in [0.25, 0.3) is 0 Å². The van der Waals surface area contributed by atoms with Crippen LogP contribution in [0.5, 0.6) is 11.5 Å². The van der Waals surface area contributed by atoms with Crippen molar-refractivity contribution in [1.29, 1.82) is 0 Å². The predicted molar refractivity (Wildman–Crippen MR) is 105 cm³/mol. The van der Waals surface area contributed by atoms with E-state index in [0.717, 1.165) is 29.4 Å². The Morgan fingerprint density at radius 1 is 1.19 bits per heavy atom. The summed E-state index contributed by atoms with van der Waals surface area (Å²) in [5, 5.41) is 9.20. The molecule has 0 radical (unpaired) electrons. The molecule has 1 aliphatic rings. The first-order valence-electron chi connectivity index (χ1n) is 9.18. The van der Waals surface area contributed by atoms with E-state index >= 15 is 0 Å². The second-order valence-corrected chi connectivity index (χ2v) is 8.01. The summed E-state index contributed by atoms with van der Waals surface area (Å²) in [6.45, 7) is 1.79. The van der Waals surface area contributed by atoms with Crippen LogP contribution >= 0.6 is 11.8 Å². The van der Waals surface area contributed by atoms with Gasteiger partial charge in [0.1, 0.15) is 0 Å². The molecule has 0 bridgehead atoms. The van der Waals surface area contributed by atoms with Crippen LogP contribution in [0.25, 0.3) is 11.4 Å². The lowest BCUT2D eigenvalue weighted by Gasteiger charge is -2.26. The summed E-state index contributed by atoms with van der Waals surface area (Å²) in [6, 6.07) is 6.05. The van der Waals surface area contributed by atoms with Crippen LogP contribution < -0.4 is 15.2 Å². The van der Waals surface area contributed by atoms with Crippen LogP contribution in [0.2, 0.25) is 0 Å². The number of benzene rings is 1. The van der Waals surface area contributed by atoms with Crippen molar-refractivity contribution >= 4 is 17.7 Å². The van der Waals surface area contributed by atoms with E-state index in [9.17, 15) is 4.79 Å². The van der Waals surface area contributed by atoms with E-state index in [1.807, 2.05) is 18.2 Å². The predicted octanol–water partition coefficient (Wildman–Crippen LogP) is 3.43. The minimum atomic E-state index is -0.366. The Balaban J connectivity index is 2.04. The number of nitrogens with two attached hydrogens (primary N) is 1. The molecule has 1 aromatic heterocycles. The molecule has 8 heteroatoms. The second-order valence-electron chi connectivity index (χ2n) is 6.70. The molecule has 1 heterocycles. The third-order valence-corrected chi connectivity index (χ3v) is 6.00. The lowest BCUT2D eigenvalue weighted by molar-refractivity contribution is -0.117. The van der Waals surface area contributed by atoms with Gasteiger partial charge in [-0.05, 0) is 38.0 Å². The molecule has 146 valence electrons. The average Bonchev–Trinajstić information content (AvgIpc) is 3.11. The molecular formula is C19H26N4O3S. The highest BCUT2D eigenvalue weighted by molar-refractivity contribution is 8.00. The summed E-state index contributed by atoms with van der Waals surface area (Å²) in [5.74, 6) is 1.74. The highest BCUT2D eigenvalue weighted by atomic mass is 32.2. The van der Waals surface area contributed by atoms with Gasteiger partial charge in [-0.25, -0.2) is 0 Å². The van der Waals surface area contributed by atoms with Gasteiger partial charge in [0.05, 0.1) is 19.5 Å². The summed E-state index contributed by atoms with van der Waals surface area (Å²) in [7, 11) is 3.23. The topological polar surface area (TPSA) is 92.3 Å². The summed E-state index contributed by atoms with van der Waals surface area (Å²) < 4.78 is 12.9. The number of thioether (sulfide) groups is 1. The van der Waals surface area contributed by atoms with Crippen molar-refractivity contribution in [3.05, 3.63) is 18.2 Å². The normalized spacial score (nSPS) is 16.1. The third-order valence-electron chi connectivity index (χ3n) is 4.93. The minimum Gasteiger partial charge on any atom is -0.493 e. The van der Waals surface area contributed by atoms with E-state index in [2.05, 4.69) is 14.8 Å². The molecule has 1 amide bonds. The smallest absolute Gasteiger partial charge is 0.230 e. The van der Waals surface area contributed by atoms with Crippen molar-refractivity contribution in [1.82, 2.24) is 14.8 Å². The third kappa shape index (κ3) is 4.21. The second kappa shape index (κ2) is 8.65. The first-order chi connectivity index (χ1) is 13.0. The first-order valence-corrected chi connectivity index (χ1v) is 10.1. The van der Waals surface area contributed by atoms with Crippen LogP contribution in [-0.2, 0) is 4.79 Å². The monoisotopic (exact) mass is 390 g/mol. The number of ether oxygens (including phenoxy) is 2. The molecule has 2 N–H and O–H groups in total. The summed E-state index contributed by atoms with van der Waals surface area (Å²) in [5.41, 5.74) is 6.36. The van der Waals surface area contributed by atoms with Crippen molar-refractivity contribution in [3.63, 3.8) is 0 Å². The molecule has 27 heavy (non-hydrogen) atoms. The number of amides is 1. The van der Waals surface area contributed by atoms with E-state index in [0.29, 0.717) is 17.5 Å². The highest BCUT2D eigenvalue weighted by Gasteiger charge is 2.26. The number of nitrogens with zero attached hydrogens (tertiary/aromatic N) is 3. The maximum atomic E-state index is 11.5. The maximum absolute atomic E-state index is 11.5. The van der Waals surface area contributed by atoms with Crippen LogP contribution in [0.4, 0.5) is 0 Å². The van der Waals surface area contributed by atoms with Gasteiger partial charge in [-0.2, -0.15) is 0 Å². The van der Waals surface area contributed by atoms with Crippen molar-refractivity contribution in [2.45, 2.75) is 55.5 Å². The van der Waals surface area contributed by atoms with Crippen molar-refractivity contribution in [2.75, 3.05) is 14.2 Å². The van der Waals surface area contributed by atoms with Crippen LogP contribution in [-0.4, -0.2) is 40.1 Å². The number of carbonyl (C=O) groups is 1. The van der Waals surface area contributed by atoms with Crippen molar-refractivity contribution in [2.24, 2.45) is 5.73 Å². The van der Waals surface area contributed by atoms with Gasteiger partial charge < -0.3 is 15.2 Å². The van der Waals surface area contributed by atoms with Crippen LogP contribution in [0, 0.1) is 0 Å². The Bertz CT molecular complexity index is 802. The van der Waals surface area contributed by atoms with Gasteiger partial charge in [0.2, 0.25) is 5.91 Å². The molecule has 1 aliphatic carbocycles. The Morgan fingerprint density at radius 3 is 2.52 bits per heavy atom. The number of methoxy groups -OCH3 is 2. The zero-order valence-corrected chi connectivity index (χ0v) is 16.8. The highest BCUT2D eigenvalue weighted by Crippen LogP contribution is 2.38. The summed E-state index contributed by atoms with van der Waals surface area (Å²) >= 11 is 1.36. The molecule has 1 atom stereocenters. The molecule has 0 spiro atoms. The fourth-order valence-corrected chi connectivity index (χ4v) is 4.28. The zero-order chi connectivity index (χ0) is 19.4. The average molecular weight is 391 g/mol. The van der Waals surface area contributed by atoms with Gasteiger partial charge in [0.15, 0.2) is 22.5 Å². The van der Waals surface area contributed by atoms with Crippen LogP contribution in [0.15, 0.2) is 23.4 Å². The number of rotatable bonds is 7. The van der Waals surface area contributed by atoms with Crippen LogP contribution in [0.1, 0.15) is 45.1 Å². The Hall–Kier alpha value is -2.22. The number of hydrogen-bond donors (Lipinski definition) is 1. The molecular weight excluding hydrogens is 364 g/mol. The van der Waals surface area contributed by atoms with Gasteiger partial charge in [-0.15, -0.1) is 10.2 Å². The number of primary amides is 1. The van der Waals surface area contributed by atoms with E-state index in [4.69, 9.17) is 15.2 Å².